The molecule has 152 valence electrons. The molecule has 1 saturated heterocycles. The largest absolute Gasteiger partial charge is 0.493 e. The van der Waals surface area contributed by atoms with Crippen LogP contribution in [0.2, 0.25) is 5.02 Å². The molecule has 0 aromatic heterocycles. The first-order valence-electron chi connectivity index (χ1n) is 9.77. The molecular weight excluding hydrogens is 366 g/mol. The topological polar surface area (TPSA) is 40.2 Å². The number of hydrogen-bond donors (Lipinski definition) is 0. The van der Waals surface area contributed by atoms with E-state index in [9.17, 15) is 0 Å². The molecule has 2 unspecified atom stereocenters. The molecule has 0 N–H and O–H groups in total. The molecule has 0 amide bonds. The summed E-state index contributed by atoms with van der Waals surface area (Å²) in [6.45, 7) is 9.30. The first-order chi connectivity index (χ1) is 12.8. The highest BCUT2D eigenvalue weighted by Crippen LogP contribution is 2.47. The minimum Gasteiger partial charge on any atom is -0.493 e. The van der Waals surface area contributed by atoms with Gasteiger partial charge in [0, 0.05) is 26.2 Å². The van der Waals surface area contributed by atoms with Gasteiger partial charge in [-0.2, -0.15) is 0 Å². The Morgan fingerprint density at radius 1 is 1.19 bits per heavy atom. The van der Waals surface area contributed by atoms with Gasteiger partial charge in [0.25, 0.3) is 0 Å². The Bertz CT molecular complexity index is 659. The number of rotatable bonds is 6. The summed E-state index contributed by atoms with van der Waals surface area (Å²) in [6.07, 6.45) is 3.33. The average Bonchev–Trinajstić information content (AvgIpc) is 2.61. The van der Waals surface area contributed by atoms with Crippen molar-refractivity contribution in [3.63, 3.8) is 0 Å². The quantitative estimate of drug-likeness (QED) is 0.671. The molecule has 27 heavy (non-hydrogen) atoms. The van der Waals surface area contributed by atoms with Crippen LogP contribution in [0, 0.1) is 0 Å². The van der Waals surface area contributed by atoms with Crippen LogP contribution < -0.4 is 9.47 Å². The molecule has 6 heteroatoms. The summed E-state index contributed by atoms with van der Waals surface area (Å²) in [7, 11) is 3.32. The molecule has 5 nitrogen and oxygen atoms in total. The predicted molar refractivity (Wildman–Crippen MR) is 107 cm³/mol. The zero-order valence-electron chi connectivity index (χ0n) is 17.1. The molecule has 2 aliphatic heterocycles. The molecule has 0 radical (unpaired) electrons. The van der Waals surface area contributed by atoms with Crippen LogP contribution in [0.4, 0.5) is 0 Å². The maximum absolute atomic E-state index is 6.75. The monoisotopic (exact) mass is 397 g/mol. The van der Waals surface area contributed by atoms with Gasteiger partial charge in [0.2, 0.25) is 0 Å². The van der Waals surface area contributed by atoms with Crippen molar-refractivity contribution in [3.05, 3.63) is 22.2 Å². The third-order valence-electron chi connectivity index (χ3n) is 5.25. The molecule has 0 spiro atoms. The van der Waals surface area contributed by atoms with Crippen molar-refractivity contribution in [3.8, 4) is 11.5 Å². The van der Waals surface area contributed by atoms with Crippen molar-refractivity contribution in [2.45, 2.75) is 57.8 Å². The molecule has 1 aromatic carbocycles. The van der Waals surface area contributed by atoms with Gasteiger partial charge in [0.05, 0.1) is 30.4 Å². The summed E-state index contributed by atoms with van der Waals surface area (Å²) in [5.41, 5.74) is 2.37. The van der Waals surface area contributed by atoms with Gasteiger partial charge in [-0.1, -0.05) is 11.6 Å². The van der Waals surface area contributed by atoms with Crippen LogP contribution in [-0.2, 0) is 15.9 Å². The highest BCUT2D eigenvalue weighted by Gasteiger charge is 2.37. The number of fused-ring (bicyclic) bond motifs is 3. The van der Waals surface area contributed by atoms with Crippen LogP contribution in [-0.4, -0.2) is 57.1 Å². The number of nitrogens with zero attached hydrogens (tertiary/aromatic N) is 1. The molecule has 3 rings (SSSR count). The van der Waals surface area contributed by atoms with Gasteiger partial charge in [-0.25, -0.2) is 0 Å². The fourth-order valence-corrected chi connectivity index (χ4v) is 4.54. The zero-order valence-corrected chi connectivity index (χ0v) is 17.9. The van der Waals surface area contributed by atoms with Crippen molar-refractivity contribution >= 4 is 11.6 Å². The van der Waals surface area contributed by atoms with E-state index < -0.39 is 0 Å². The van der Waals surface area contributed by atoms with E-state index >= 15 is 0 Å². The third-order valence-corrected chi connectivity index (χ3v) is 5.65. The van der Waals surface area contributed by atoms with Gasteiger partial charge in [-0.15, -0.1) is 0 Å². The lowest BCUT2D eigenvalue weighted by molar-refractivity contribution is -0.0971. The summed E-state index contributed by atoms with van der Waals surface area (Å²) in [6, 6.07) is 2.48. The summed E-state index contributed by atoms with van der Waals surface area (Å²) in [5, 5.41) is 0.688. The summed E-state index contributed by atoms with van der Waals surface area (Å²) >= 11 is 6.75. The molecule has 1 fully saturated rings. The highest BCUT2D eigenvalue weighted by molar-refractivity contribution is 6.33. The zero-order chi connectivity index (χ0) is 19.6. The van der Waals surface area contributed by atoms with Crippen LogP contribution in [0.3, 0.4) is 0 Å². The Kier molecular flexibility index (Phi) is 6.57. The van der Waals surface area contributed by atoms with E-state index in [2.05, 4.69) is 31.7 Å². The van der Waals surface area contributed by atoms with Gasteiger partial charge >= 0.3 is 0 Å². The van der Waals surface area contributed by atoms with Crippen molar-refractivity contribution in [1.29, 1.82) is 0 Å². The SMILES string of the molecule is COCCOc1c(OC)cc2c(c1Cl)CCN1CC(OC(C)(C)C)CCC21. The molecule has 2 aliphatic rings. The van der Waals surface area contributed by atoms with Crippen LogP contribution in [0.1, 0.15) is 50.8 Å². The van der Waals surface area contributed by atoms with E-state index in [-0.39, 0.29) is 11.7 Å². The maximum atomic E-state index is 6.75. The van der Waals surface area contributed by atoms with Gasteiger partial charge in [0.1, 0.15) is 6.61 Å². The first kappa shape index (κ1) is 20.7. The molecule has 2 atom stereocenters. The summed E-state index contributed by atoms with van der Waals surface area (Å²) in [4.78, 5) is 2.53. The van der Waals surface area contributed by atoms with Crippen LogP contribution >= 0.6 is 11.6 Å². The number of ether oxygens (including phenoxy) is 4. The van der Waals surface area contributed by atoms with Gasteiger partial charge in [0.15, 0.2) is 11.5 Å². The lowest BCUT2D eigenvalue weighted by Crippen LogP contribution is -2.47. The minimum absolute atomic E-state index is 0.105. The van der Waals surface area contributed by atoms with Crippen molar-refractivity contribution in [1.82, 2.24) is 4.90 Å². The normalized spacial score (nSPS) is 22.9. The second-order valence-electron chi connectivity index (χ2n) is 8.32. The number of methoxy groups -OCH3 is 2. The minimum atomic E-state index is -0.105. The Labute approximate surface area is 167 Å². The van der Waals surface area contributed by atoms with Crippen LogP contribution in [0.25, 0.3) is 0 Å². The van der Waals surface area contributed by atoms with Gasteiger partial charge < -0.3 is 18.9 Å². The predicted octanol–water partition coefficient (Wildman–Crippen LogP) is 4.25. The third kappa shape index (κ3) is 4.70. The van der Waals surface area contributed by atoms with Gasteiger partial charge in [-0.3, -0.25) is 4.90 Å². The van der Waals surface area contributed by atoms with E-state index in [1.165, 1.54) is 11.1 Å². The van der Waals surface area contributed by atoms with E-state index in [0.29, 0.717) is 35.8 Å². The van der Waals surface area contributed by atoms with Crippen molar-refractivity contribution in [2.75, 3.05) is 40.5 Å². The lowest BCUT2D eigenvalue weighted by atomic mass is 9.85. The molecule has 1 aromatic rings. The number of hydrogen-bond acceptors (Lipinski definition) is 5. The smallest absolute Gasteiger partial charge is 0.180 e. The Balaban J connectivity index is 1.82. The first-order valence-corrected chi connectivity index (χ1v) is 10.1. The highest BCUT2D eigenvalue weighted by atomic mass is 35.5. The molecule has 0 aliphatic carbocycles. The van der Waals surface area contributed by atoms with E-state index in [0.717, 1.165) is 32.4 Å². The maximum Gasteiger partial charge on any atom is 0.180 e. The fraction of sp³-hybridized carbons (Fsp3) is 0.714. The average molecular weight is 398 g/mol. The fourth-order valence-electron chi connectivity index (χ4n) is 4.19. The Morgan fingerprint density at radius 3 is 2.63 bits per heavy atom. The Morgan fingerprint density at radius 2 is 1.96 bits per heavy atom. The van der Waals surface area contributed by atoms with Gasteiger partial charge in [-0.05, 0) is 57.2 Å². The van der Waals surface area contributed by atoms with Crippen LogP contribution in [0.5, 0.6) is 11.5 Å². The molecule has 0 saturated carbocycles. The second kappa shape index (κ2) is 8.56. The molecular formula is C21H32ClNO4. The molecule has 2 heterocycles. The number of piperidine rings is 1. The number of benzene rings is 1. The van der Waals surface area contributed by atoms with E-state index in [1.54, 1.807) is 14.2 Å². The van der Waals surface area contributed by atoms with Crippen LogP contribution in [0.15, 0.2) is 6.07 Å². The summed E-state index contributed by atoms with van der Waals surface area (Å²) in [5.74, 6) is 1.33. The van der Waals surface area contributed by atoms with E-state index in [4.69, 9.17) is 30.5 Å². The lowest BCUT2D eigenvalue weighted by Gasteiger charge is -2.45. The summed E-state index contributed by atoms with van der Waals surface area (Å²) < 4.78 is 22.8. The molecule has 0 bridgehead atoms. The van der Waals surface area contributed by atoms with Crippen molar-refractivity contribution in [2.24, 2.45) is 0 Å². The number of halogens is 1. The standard InChI is InChI=1S/C21H32ClNO4/c1-21(2,3)27-14-6-7-17-16-12-18(25-5)20(26-11-10-24-4)19(22)15(16)8-9-23(17)13-14/h12,14,17H,6-11,13H2,1-5H3. The Hall–Kier alpha value is -1.01. The van der Waals surface area contributed by atoms with Crippen molar-refractivity contribution < 1.29 is 18.9 Å². The van der Waals surface area contributed by atoms with E-state index in [1.807, 2.05) is 0 Å². The second-order valence-corrected chi connectivity index (χ2v) is 8.70.